The maximum Gasteiger partial charge on any atom is 0.341 e. The summed E-state index contributed by atoms with van der Waals surface area (Å²) in [6.07, 6.45) is 1.44. The first-order valence-electron chi connectivity index (χ1n) is 6.50. The number of aromatic nitrogens is 1. The lowest BCUT2D eigenvalue weighted by molar-refractivity contribution is 0.0694. The topological polar surface area (TPSA) is 62.5 Å². The summed E-state index contributed by atoms with van der Waals surface area (Å²) in [5, 5.41) is 10.8. The second-order valence-corrected chi connectivity index (χ2v) is 4.86. The van der Waals surface area contributed by atoms with Crippen molar-refractivity contribution in [3.8, 4) is 0 Å². The van der Waals surface area contributed by atoms with Crippen LogP contribution in [0.5, 0.6) is 0 Å². The van der Waals surface area contributed by atoms with Crippen LogP contribution in [0.2, 0.25) is 0 Å². The fourth-order valence-corrected chi connectivity index (χ4v) is 2.76. The van der Waals surface area contributed by atoms with Crippen LogP contribution in [0.25, 0.3) is 10.9 Å². The summed E-state index contributed by atoms with van der Waals surface area (Å²) in [7, 11) is 0. The molecule has 1 aromatic carbocycles. The van der Waals surface area contributed by atoms with Gasteiger partial charge in [0.15, 0.2) is 11.6 Å². The fourth-order valence-electron chi connectivity index (χ4n) is 2.76. The molecule has 0 spiro atoms. The Morgan fingerprint density at radius 1 is 1.43 bits per heavy atom. The monoisotopic (exact) mass is 294 g/mol. The number of nitrogens with zero attached hydrogens (tertiary/aromatic N) is 2. The van der Waals surface area contributed by atoms with E-state index in [1.807, 2.05) is 6.92 Å². The summed E-state index contributed by atoms with van der Waals surface area (Å²) in [6.45, 7) is 2.83. The number of benzene rings is 1. The second-order valence-electron chi connectivity index (χ2n) is 4.86. The molecule has 110 valence electrons. The minimum Gasteiger partial charge on any atom is -0.477 e. The molecule has 5 nitrogen and oxygen atoms in total. The molecule has 1 aliphatic rings. The average molecular weight is 294 g/mol. The molecule has 21 heavy (non-hydrogen) atoms. The molecule has 2 heterocycles. The highest BCUT2D eigenvalue weighted by Crippen LogP contribution is 2.26. The van der Waals surface area contributed by atoms with E-state index in [2.05, 4.69) is 0 Å². The van der Waals surface area contributed by atoms with E-state index in [0.29, 0.717) is 13.1 Å². The zero-order chi connectivity index (χ0) is 15.3. The van der Waals surface area contributed by atoms with Crippen LogP contribution in [-0.2, 0) is 6.42 Å². The summed E-state index contributed by atoms with van der Waals surface area (Å²) in [5.74, 6) is -3.50. The highest BCUT2D eigenvalue weighted by atomic mass is 19.2. The lowest BCUT2D eigenvalue weighted by Gasteiger charge is -2.33. The predicted molar refractivity (Wildman–Crippen MR) is 72.4 cm³/mol. The number of likely N-dealkylation sites (N-methyl/N-ethyl adjacent to an activating group) is 1. The molecule has 2 aromatic rings. The number of halogens is 2. The largest absolute Gasteiger partial charge is 0.477 e. The van der Waals surface area contributed by atoms with Crippen molar-refractivity contribution in [1.29, 1.82) is 0 Å². The Kier molecular flexibility index (Phi) is 2.93. The third-order valence-corrected chi connectivity index (χ3v) is 3.78. The van der Waals surface area contributed by atoms with Crippen molar-refractivity contribution in [3.05, 3.63) is 45.2 Å². The molecule has 0 amide bonds. The van der Waals surface area contributed by atoms with E-state index in [9.17, 15) is 18.4 Å². The van der Waals surface area contributed by atoms with Gasteiger partial charge in [-0.3, -0.25) is 9.47 Å². The molecule has 0 unspecified atom stereocenters. The van der Waals surface area contributed by atoms with Crippen molar-refractivity contribution < 1.29 is 18.7 Å². The van der Waals surface area contributed by atoms with Gasteiger partial charge in [0.2, 0.25) is 5.43 Å². The van der Waals surface area contributed by atoms with Crippen LogP contribution in [0.15, 0.2) is 17.1 Å². The minimum absolute atomic E-state index is 0.109. The van der Waals surface area contributed by atoms with Crippen LogP contribution in [0, 0.1) is 11.6 Å². The van der Waals surface area contributed by atoms with Gasteiger partial charge in [-0.1, -0.05) is 0 Å². The van der Waals surface area contributed by atoms with Gasteiger partial charge in [0.1, 0.15) is 5.56 Å². The quantitative estimate of drug-likeness (QED) is 0.911. The van der Waals surface area contributed by atoms with Crippen LogP contribution in [0.3, 0.4) is 0 Å². The van der Waals surface area contributed by atoms with Crippen molar-refractivity contribution in [1.82, 2.24) is 4.68 Å². The molecule has 1 aliphatic heterocycles. The Labute approximate surface area is 118 Å². The molecule has 1 N–H and O–H groups in total. The summed E-state index contributed by atoms with van der Waals surface area (Å²) in [4.78, 5) is 23.4. The van der Waals surface area contributed by atoms with Crippen LogP contribution in [0.4, 0.5) is 8.78 Å². The number of carbonyl (C=O) groups is 1. The van der Waals surface area contributed by atoms with Gasteiger partial charge in [0, 0.05) is 24.8 Å². The molecule has 0 aliphatic carbocycles. The molecule has 0 atom stereocenters. The number of carboxylic acid groups (broad SMARTS) is 1. The van der Waals surface area contributed by atoms with E-state index in [1.165, 1.54) is 10.9 Å². The van der Waals surface area contributed by atoms with E-state index in [1.54, 1.807) is 5.01 Å². The molecule has 0 radical (unpaired) electrons. The Morgan fingerprint density at radius 3 is 2.76 bits per heavy atom. The first-order valence-corrected chi connectivity index (χ1v) is 6.50. The predicted octanol–water partition coefficient (Wildman–Crippen LogP) is 1.49. The van der Waals surface area contributed by atoms with Crippen molar-refractivity contribution in [3.63, 3.8) is 0 Å². The first kappa shape index (κ1) is 13.5. The van der Waals surface area contributed by atoms with E-state index in [4.69, 9.17) is 5.11 Å². The molecule has 0 bridgehead atoms. The SMILES string of the molecule is CCN1CCc2c(F)c(F)cc3c(=O)c(C(=O)O)cn1c23. The molecule has 0 saturated carbocycles. The lowest BCUT2D eigenvalue weighted by atomic mass is 10.0. The smallest absolute Gasteiger partial charge is 0.341 e. The van der Waals surface area contributed by atoms with E-state index < -0.39 is 28.6 Å². The van der Waals surface area contributed by atoms with Crippen molar-refractivity contribution in [2.75, 3.05) is 18.1 Å². The zero-order valence-electron chi connectivity index (χ0n) is 11.2. The van der Waals surface area contributed by atoms with Gasteiger partial charge < -0.3 is 10.1 Å². The van der Waals surface area contributed by atoms with E-state index in [-0.39, 0.29) is 22.9 Å². The number of aromatic carboxylic acids is 1. The van der Waals surface area contributed by atoms with Crippen LogP contribution in [-0.4, -0.2) is 28.8 Å². The van der Waals surface area contributed by atoms with Gasteiger partial charge in [-0.25, -0.2) is 13.6 Å². The third-order valence-electron chi connectivity index (χ3n) is 3.78. The third kappa shape index (κ3) is 1.80. The number of rotatable bonds is 2. The van der Waals surface area contributed by atoms with E-state index >= 15 is 0 Å². The fraction of sp³-hybridized carbons (Fsp3) is 0.286. The summed E-state index contributed by atoms with van der Waals surface area (Å²) in [5.41, 5.74) is -0.896. The second kappa shape index (κ2) is 4.54. The van der Waals surface area contributed by atoms with Gasteiger partial charge in [-0.05, 0) is 19.4 Å². The Morgan fingerprint density at radius 2 is 2.14 bits per heavy atom. The summed E-state index contributed by atoms with van der Waals surface area (Å²) < 4.78 is 29.0. The van der Waals surface area contributed by atoms with Gasteiger partial charge in [-0.15, -0.1) is 0 Å². The van der Waals surface area contributed by atoms with E-state index in [0.717, 1.165) is 6.07 Å². The highest BCUT2D eigenvalue weighted by Gasteiger charge is 2.26. The molecule has 1 aromatic heterocycles. The number of hydrogen-bond acceptors (Lipinski definition) is 3. The maximum atomic E-state index is 13.9. The van der Waals surface area contributed by atoms with Crippen molar-refractivity contribution >= 4 is 16.9 Å². The van der Waals surface area contributed by atoms with Crippen molar-refractivity contribution in [2.45, 2.75) is 13.3 Å². The zero-order valence-corrected chi connectivity index (χ0v) is 11.2. The Balaban J connectivity index is 2.53. The van der Waals surface area contributed by atoms with Gasteiger partial charge in [-0.2, -0.15) is 0 Å². The molecule has 7 heteroatoms. The van der Waals surface area contributed by atoms with Gasteiger partial charge in [0.25, 0.3) is 0 Å². The average Bonchev–Trinajstić information content (AvgIpc) is 2.46. The standard InChI is InChI=1S/C14H12F2N2O3/c1-2-17-4-3-7-11(16)10(15)5-8-12(7)18(17)6-9(13(8)19)14(20)21/h5-6H,2-4H2,1H3,(H,20,21). The number of carboxylic acids is 1. The molecule has 0 saturated heterocycles. The highest BCUT2D eigenvalue weighted by molar-refractivity contribution is 5.94. The minimum atomic E-state index is -1.39. The van der Waals surface area contributed by atoms with Crippen LogP contribution in [0.1, 0.15) is 22.8 Å². The Bertz CT molecular complexity index is 829. The molecule has 3 rings (SSSR count). The van der Waals surface area contributed by atoms with Crippen LogP contribution >= 0.6 is 0 Å². The van der Waals surface area contributed by atoms with Gasteiger partial charge in [0.05, 0.1) is 10.9 Å². The Hall–Kier alpha value is -2.44. The number of pyridine rings is 1. The lowest BCUT2D eigenvalue weighted by Crippen LogP contribution is -2.41. The normalized spacial score (nSPS) is 13.8. The summed E-state index contributed by atoms with van der Waals surface area (Å²) >= 11 is 0. The molecular weight excluding hydrogens is 282 g/mol. The first-order chi connectivity index (χ1) is 9.95. The maximum absolute atomic E-state index is 13.9. The summed E-state index contributed by atoms with van der Waals surface area (Å²) in [6, 6.07) is 0.776. The van der Waals surface area contributed by atoms with Crippen LogP contribution < -0.4 is 10.4 Å². The molecular formula is C14H12F2N2O3. The molecule has 0 fully saturated rings. The van der Waals surface area contributed by atoms with Gasteiger partial charge >= 0.3 is 5.97 Å². The van der Waals surface area contributed by atoms with Crippen molar-refractivity contribution in [2.24, 2.45) is 0 Å². The number of hydrogen-bond donors (Lipinski definition) is 1.